The fraction of sp³-hybridized carbons (Fsp3) is 0.400. The first-order valence-electron chi connectivity index (χ1n) is 9.30. The van der Waals surface area contributed by atoms with E-state index in [2.05, 4.69) is 17.2 Å². The second-order valence-corrected chi connectivity index (χ2v) is 7.40. The van der Waals surface area contributed by atoms with Crippen LogP contribution in [0.15, 0.2) is 29.6 Å². The monoisotopic (exact) mass is 401 g/mol. The molecule has 1 aromatic heterocycles. The van der Waals surface area contributed by atoms with Gasteiger partial charge in [-0.1, -0.05) is 19.1 Å². The van der Waals surface area contributed by atoms with Gasteiger partial charge in [0.1, 0.15) is 0 Å². The summed E-state index contributed by atoms with van der Waals surface area (Å²) in [5.41, 5.74) is 2.56. The Hall–Kier alpha value is -2.74. The fourth-order valence-electron chi connectivity index (χ4n) is 3.06. The van der Waals surface area contributed by atoms with E-state index in [0.29, 0.717) is 24.0 Å². The van der Waals surface area contributed by atoms with E-state index < -0.39 is 5.92 Å². The molecular formula is C20H23N3O4S. The van der Waals surface area contributed by atoms with Crippen LogP contribution in [0.1, 0.15) is 31.5 Å². The zero-order valence-corrected chi connectivity index (χ0v) is 16.8. The number of hydrogen-bond acceptors (Lipinski definition) is 6. The molecule has 1 unspecified atom stereocenters. The van der Waals surface area contributed by atoms with Gasteiger partial charge in [0.2, 0.25) is 11.8 Å². The summed E-state index contributed by atoms with van der Waals surface area (Å²) < 4.78 is 4.89. The minimum Gasteiger partial charge on any atom is -0.466 e. The number of aromatic nitrogens is 1. The number of rotatable bonds is 7. The number of amides is 2. The number of aryl methyl sites for hydroxylation is 1. The van der Waals surface area contributed by atoms with Gasteiger partial charge in [-0.25, -0.2) is 4.98 Å². The number of nitrogens with one attached hydrogen (secondary N) is 1. The third-order valence-electron chi connectivity index (χ3n) is 4.56. The number of esters is 1. The van der Waals surface area contributed by atoms with Crippen LogP contribution in [-0.4, -0.2) is 35.9 Å². The number of nitrogens with zero attached hydrogens (tertiary/aromatic N) is 2. The maximum Gasteiger partial charge on any atom is 0.311 e. The van der Waals surface area contributed by atoms with E-state index in [1.807, 2.05) is 24.3 Å². The first kappa shape index (κ1) is 20.0. The zero-order chi connectivity index (χ0) is 20.1. The average molecular weight is 401 g/mol. The lowest BCUT2D eigenvalue weighted by molar-refractivity contribution is -0.142. The summed E-state index contributed by atoms with van der Waals surface area (Å²) in [7, 11) is 0. The lowest BCUT2D eigenvalue weighted by Gasteiger charge is -2.17. The third-order valence-corrected chi connectivity index (χ3v) is 5.37. The van der Waals surface area contributed by atoms with Crippen molar-refractivity contribution in [2.45, 2.75) is 33.1 Å². The normalized spacial score (nSPS) is 16.3. The summed E-state index contributed by atoms with van der Waals surface area (Å²) in [6.45, 7) is 4.49. The average Bonchev–Trinajstić information content (AvgIpc) is 3.28. The van der Waals surface area contributed by atoms with Gasteiger partial charge in [0.15, 0.2) is 5.13 Å². The van der Waals surface area contributed by atoms with E-state index in [0.717, 1.165) is 12.1 Å². The van der Waals surface area contributed by atoms with Crippen LogP contribution >= 0.6 is 11.3 Å². The molecule has 1 aromatic carbocycles. The minimum absolute atomic E-state index is 0.0634. The molecule has 1 aliphatic heterocycles. The summed E-state index contributed by atoms with van der Waals surface area (Å²) in [5, 5.41) is 4.89. The number of carbonyl (C=O) groups is 3. The highest BCUT2D eigenvalue weighted by Crippen LogP contribution is 2.27. The highest BCUT2D eigenvalue weighted by Gasteiger charge is 2.35. The van der Waals surface area contributed by atoms with Crippen molar-refractivity contribution in [3.05, 3.63) is 40.9 Å². The molecule has 1 fully saturated rings. The Morgan fingerprint density at radius 2 is 2.04 bits per heavy atom. The number of ether oxygens (including phenoxy) is 1. The molecule has 1 aliphatic rings. The SMILES string of the molecule is CCOC(=O)Cc1csc(NC(=O)C2CC(=O)N(c3ccc(CC)cc3)C2)n1. The molecule has 1 saturated heterocycles. The Morgan fingerprint density at radius 3 is 2.71 bits per heavy atom. The van der Waals surface area contributed by atoms with Crippen LogP contribution in [0.5, 0.6) is 0 Å². The minimum atomic E-state index is -0.434. The van der Waals surface area contributed by atoms with Crippen LogP contribution in [0.2, 0.25) is 0 Å². The van der Waals surface area contributed by atoms with Gasteiger partial charge in [-0.3, -0.25) is 14.4 Å². The Labute approximate surface area is 167 Å². The lowest BCUT2D eigenvalue weighted by atomic mass is 10.1. The van der Waals surface area contributed by atoms with Crippen LogP contribution in [0.4, 0.5) is 10.8 Å². The summed E-state index contributed by atoms with van der Waals surface area (Å²) in [5.74, 6) is -1.09. The van der Waals surface area contributed by atoms with Crippen molar-refractivity contribution in [3.8, 4) is 0 Å². The topological polar surface area (TPSA) is 88.6 Å². The first-order chi connectivity index (χ1) is 13.5. The van der Waals surface area contributed by atoms with Crippen molar-refractivity contribution < 1.29 is 19.1 Å². The van der Waals surface area contributed by atoms with Crippen molar-refractivity contribution in [2.24, 2.45) is 5.92 Å². The second kappa shape index (κ2) is 8.97. The van der Waals surface area contributed by atoms with Gasteiger partial charge >= 0.3 is 5.97 Å². The number of benzene rings is 1. The van der Waals surface area contributed by atoms with Gasteiger partial charge in [-0.2, -0.15) is 0 Å². The zero-order valence-electron chi connectivity index (χ0n) is 15.9. The summed E-state index contributed by atoms with van der Waals surface area (Å²) in [4.78, 5) is 42.3. The molecule has 0 spiro atoms. The molecule has 3 rings (SSSR count). The van der Waals surface area contributed by atoms with E-state index in [9.17, 15) is 14.4 Å². The van der Waals surface area contributed by atoms with Gasteiger partial charge in [-0.05, 0) is 31.0 Å². The maximum absolute atomic E-state index is 12.6. The van der Waals surface area contributed by atoms with Crippen molar-refractivity contribution in [1.29, 1.82) is 0 Å². The van der Waals surface area contributed by atoms with E-state index in [1.165, 1.54) is 16.9 Å². The van der Waals surface area contributed by atoms with Crippen molar-refractivity contribution in [1.82, 2.24) is 4.98 Å². The molecule has 7 nitrogen and oxygen atoms in total. The molecule has 8 heteroatoms. The number of thiazole rings is 1. The smallest absolute Gasteiger partial charge is 0.311 e. The van der Waals surface area contributed by atoms with Gasteiger partial charge in [0.25, 0.3) is 0 Å². The number of hydrogen-bond donors (Lipinski definition) is 1. The predicted molar refractivity (Wildman–Crippen MR) is 107 cm³/mol. The van der Waals surface area contributed by atoms with Gasteiger partial charge in [-0.15, -0.1) is 11.3 Å². The molecule has 28 heavy (non-hydrogen) atoms. The molecule has 0 saturated carbocycles. The fourth-order valence-corrected chi connectivity index (χ4v) is 3.77. The third kappa shape index (κ3) is 4.75. The molecule has 0 aliphatic carbocycles. The van der Waals surface area contributed by atoms with E-state index >= 15 is 0 Å². The van der Waals surface area contributed by atoms with Crippen LogP contribution in [0, 0.1) is 5.92 Å². The Kier molecular flexibility index (Phi) is 6.41. The Bertz CT molecular complexity index is 863. The van der Waals surface area contributed by atoms with Gasteiger partial charge in [0.05, 0.1) is 24.6 Å². The van der Waals surface area contributed by atoms with E-state index in [1.54, 1.807) is 17.2 Å². The van der Waals surface area contributed by atoms with Crippen molar-refractivity contribution in [2.75, 3.05) is 23.4 Å². The summed E-state index contributed by atoms with van der Waals surface area (Å²) in [6.07, 6.45) is 1.18. The quantitative estimate of drug-likeness (QED) is 0.721. The summed E-state index contributed by atoms with van der Waals surface area (Å²) >= 11 is 1.25. The first-order valence-corrected chi connectivity index (χ1v) is 10.2. The maximum atomic E-state index is 12.6. The molecule has 2 amide bonds. The second-order valence-electron chi connectivity index (χ2n) is 6.54. The largest absolute Gasteiger partial charge is 0.466 e. The number of anilines is 2. The highest BCUT2D eigenvalue weighted by molar-refractivity contribution is 7.13. The molecule has 148 valence electrons. The van der Waals surface area contributed by atoms with Crippen LogP contribution < -0.4 is 10.2 Å². The highest BCUT2D eigenvalue weighted by atomic mass is 32.1. The van der Waals surface area contributed by atoms with E-state index in [4.69, 9.17) is 4.74 Å². The lowest BCUT2D eigenvalue weighted by Crippen LogP contribution is -2.28. The van der Waals surface area contributed by atoms with Crippen molar-refractivity contribution >= 4 is 39.9 Å². The molecule has 1 atom stereocenters. The predicted octanol–water partition coefficient (Wildman–Crippen LogP) is 2.80. The molecule has 2 aromatic rings. The van der Waals surface area contributed by atoms with E-state index in [-0.39, 0.29) is 30.6 Å². The molecule has 1 N–H and O–H groups in total. The van der Waals surface area contributed by atoms with Crippen LogP contribution in [0.3, 0.4) is 0 Å². The standard InChI is InChI=1S/C20H23N3O4S/c1-3-13-5-7-16(8-6-13)23-11-14(9-17(23)24)19(26)22-20-21-15(12-28-20)10-18(25)27-4-2/h5-8,12,14H,3-4,9-11H2,1-2H3,(H,21,22,26). The molecule has 2 heterocycles. The molecular weight excluding hydrogens is 378 g/mol. The molecule has 0 radical (unpaired) electrons. The summed E-state index contributed by atoms with van der Waals surface area (Å²) in [6, 6.07) is 7.83. The Morgan fingerprint density at radius 1 is 1.29 bits per heavy atom. The van der Waals surface area contributed by atoms with Gasteiger partial charge in [0, 0.05) is 24.0 Å². The van der Waals surface area contributed by atoms with Crippen LogP contribution in [-0.2, 0) is 32.0 Å². The van der Waals surface area contributed by atoms with Gasteiger partial charge < -0.3 is 15.0 Å². The molecule has 0 bridgehead atoms. The van der Waals surface area contributed by atoms with Crippen molar-refractivity contribution in [3.63, 3.8) is 0 Å². The number of carbonyl (C=O) groups excluding carboxylic acids is 3. The van der Waals surface area contributed by atoms with Crippen LogP contribution in [0.25, 0.3) is 0 Å². The Balaban J connectivity index is 1.58.